The fourth-order valence-electron chi connectivity index (χ4n) is 2.71. The van der Waals surface area contributed by atoms with Crippen molar-refractivity contribution in [2.75, 3.05) is 0 Å². The molecule has 1 aliphatic carbocycles. The molecule has 0 spiro atoms. The molecule has 2 rings (SSSR count). The molecule has 0 amide bonds. The van der Waals surface area contributed by atoms with Gasteiger partial charge < -0.3 is 4.98 Å². The fourth-order valence-corrected chi connectivity index (χ4v) is 2.71. The second-order valence-corrected chi connectivity index (χ2v) is 5.23. The van der Waals surface area contributed by atoms with Gasteiger partial charge in [0.15, 0.2) is 0 Å². The predicted molar refractivity (Wildman–Crippen MR) is 62.9 cm³/mol. The van der Waals surface area contributed by atoms with Crippen LogP contribution in [0.15, 0.2) is 6.20 Å². The van der Waals surface area contributed by atoms with E-state index in [-0.39, 0.29) is 0 Å². The molecule has 1 heterocycles. The van der Waals surface area contributed by atoms with Gasteiger partial charge in [0.25, 0.3) is 0 Å². The van der Waals surface area contributed by atoms with Gasteiger partial charge in [-0.25, -0.2) is 4.98 Å². The minimum Gasteiger partial charge on any atom is -0.346 e. The van der Waals surface area contributed by atoms with Crippen LogP contribution in [0.4, 0.5) is 0 Å². The summed E-state index contributed by atoms with van der Waals surface area (Å²) in [5.74, 6) is 3.50. The van der Waals surface area contributed by atoms with Crippen molar-refractivity contribution in [1.82, 2.24) is 9.97 Å². The number of nitrogens with zero attached hydrogens (tertiary/aromatic N) is 1. The molecule has 1 aromatic heterocycles. The Bertz CT molecular complexity index is 308. The minimum absolute atomic E-state index is 0.652. The molecule has 0 radical (unpaired) electrons. The summed E-state index contributed by atoms with van der Waals surface area (Å²) >= 11 is 0. The number of aromatic nitrogens is 2. The lowest BCUT2D eigenvalue weighted by atomic mass is 9.76. The third kappa shape index (κ3) is 2.42. The average molecular weight is 206 g/mol. The van der Waals surface area contributed by atoms with Crippen molar-refractivity contribution in [2.45, 2.75) is 52.4 Å². The second kappa shape index (κ2) is 4.38. The van der Waals surface area contributed by atoms with Gasteiger partial charge in [0, 0.05) is 17.8 Å². The first-order valence-corrected chi connectivity index (χ1v) is 6.18. The Kier molecular flexibility index (Phi) is 3.13. The van der Waals surface area contributed by atoms with Crippen molar-refractivity contribution in [3.8, 4) is 0 Å². The fraction of sp³-hybridized carbons (Fsp3) is 0.769. The van der Waals surface area contributed by atoms with Crippen LogP contribution in [0.1, 0.15) is 57.0 Å². The van der Waals surface area contributed by atoms with E-state index in [0.717, 1.165) is 17.7 Å². The number of hydrogen-bond acceptors (Lipinski definition) is 1. The van der Waals surface area contributed by atoms with Gasteiger partial charge in [-0.2, -0.15) is 0 Å². The molecule has 1 aromatic rings. The van der Waals surface area contributed by atoms with Crippen molar-refractivity contribution >= 4 is 0 Å². The van der Waals surface area contributed by atoms with E-state index < -0.39 is 0 Å². The van der Waals surface area contributed by atoms with Crippen LogP contribution < -0.4 is 0 Å². The largest absolute Gasteiger partial charge is 0.346 e. The van der Waals surface area contributed by atoms with Crippen molar-refractivity contribution in [3.63, 3.8) is 0 Å². The topological polar surface area (TPSA) is 28.7 Å². The average Bonchev–Trinajstić information content (AvgIpc) is 2.65. The van der Waals surface area contributed by atoms with Gasteiger partial charge in [0.05, 0.1) is 0 Å². The van der Waals surface area contributed by atoms with Gasteiger partial charge in [-0.3, -0.25) is 0 Å². The Morgan fingerprint density at radius 2 is 2.00 bits per heavy atom. The highest BCUT2D eigenvalue weighted by Crippen LogP contribution is 2.37. The molecule has 1 N–H and O–H groups in total. The van der Waals surface area contributed by atoms with E-state index in [2.05, 4.69) is 23.8 Å². The monoisotopic (exact) mass is 206 g/mol. The van der Waals surface area contributed by atoms with Gasteiger partial charge >= 0.3 is 0 Å². The zero-order chi connectivity index (χ0) is 10.8. The lowest BCUT2D eigenvalue weighted by molar-refractivity contribution is 0.259. The first-order chi connectivity index (χ1) is 7.16. The SMILES string of the molecule is Cc1ncc(C(C)C2CCC(C)CC2)[nH]1. The lowest BCUT2D eigenvalue weighted by Gasteiger charge is -2.30. The molecule has 1 aliphatic rings. The summed E-state index contributed by atoms with van der Waals surface area (Å²) in [6.07, 6.45) is 7.60. The minimum atomic E-state index is 0.652. The third-order valence-corrected chi connectivity index (χ3v) is 3.98. The molecule has 2 heteroatoms. The molecule has 1 atom stereocenters. The molecule has 0 saturated heterocycles. The zero-order valence-corrected chi connectivity index (χ0v) is 10.1. The highest BCUT2D eigenvalue weighted by Gasteiger charge is 2.24. The van der Waals surface area contributed by atoms with Gasteiger partial charge in [-0.05, 0) is 31.6 Å². The van der Waals surface area contributed by atoms with Crippen molar-refractivity contribution in [1.29, 1.82) is 0 Å². The van der Waals surface area contributed by atoms with Crippen LogP contribution in [0, 0.1) is 18.8 Å². The van der Waals surface area contributed by atoms with E-state index in [1.807, 2.05) is 13.1 Å². The summed E-state index contributed by atoms with van der Waals surface area (Å²) < 4.78 is 0. The van der Waals surface area contributed by atoms with Crippen molar-refractivity contribution in [2.24, 2.45) is 11.8 Å². The van der Waals surface area contributed by atoms with Crippen molar-refractivity contribution < 1.29 is 0 Å². The molecule has 15 heavy (non-hydrogen) atoms. The zero-order valence-electron chi connectivity index (χ0n) is 10.1. The van der Waals surface area contributed by atoms with Gasteiger partial charge in [0.2, 0.25) is 0 Å². The number of hydrogen-bond donors (Lipinski definition) is 1. The number of nitrogens with one attached hydrogen (secondary N) is 1. The molecule has 2 nitrogen and oxygen atoms in total. The molecule has 84 valence electrons. The van der Waals surface area contributed by atoms with Gasteiger partial charge in [-0.1, -0.05) is 26.7 Å². The third-order valence-electron chi connectivity index (χ3n) is 3.98. The smallest absolute Gasteiger partial charge is 0.103 e. The Balaban J connectivity index is 1.99. The van der Waals surface area contributed by atoms with E-state index in [0.29, 0.717) is 5.92 Å². The number of rotatable bonds is 2. The molecule has 0 aromatic carbocycles. The van der Waals surface area contributed by atoms with Crippen molar-refractivity contribution in [3.05, 3.63) is 17.7 Å². The molecular formula is C13H22N2. The van der Waals surface area contributed by atoms with Gasteiger partial charge in [-0.15, -0.1) is 0 Å². The molecular weight excluding hydrogens is 184 g/mol. The summed E-state index contributed by atoms with van der Waals surface area (Å²) in [6, 6.07) is 0. The number of H-pyrrole nitrogens is 1. The Hall–Kier alpha value is -0.790. The van der Waals surface area contributed by atoms with Crippen LogP contribution in [0.25, 0.3) is 0 Å². The molecule has 0 bridgehead atoms. The standard InChI is InChI=1S/C13H22N2/c1-9-4-6-12(7-5-9)10(2)13-8-14-11(3)15-13/h8-10,12H,4-7H2,1-3H3,(H,14,15). The molecule has 0 aliphatic heterocycles. The van der Waals surface area contributed by atoms with Crippen LogP contribution >= 0.6 is 0 Å². The van der Waals surface area contributed by atoms with E-state index >= 15 is 0 Å². The summed E-state index contributed by atoms with van der Waals surface area (Å²) in [7, 11) is 0. The molecule has 1 saturated carbocycles. The van der Waals surface area contributed by atoms with Crippen LogP contribution in [-0.2, 0) is 0 Å². The summed E-state index contributed by atoms with van der Waals surface area (Å²) in [5.41, 5.74) is 1.33. The second-order valence-electron chi connectivity index (χ2n) is 5.23. The Morgan fingerprint density at radius 1 is 1.33 bits per heavy atom. The summed E-state index contributed by atoms with van der Waals surface area (Å²) in [5, 5.41) is 0. The van der Waals surface area contributed by atoms with Crippen LogP contribution in [0.5, 0.6) is 0 Å². The maximum Gasteiger partial charge on any atom is 0.103 e. The quantitative estimate of drug-likeness (QED) is 0.786. The Morgan fingerprint density at radius 3 is 2.53 bits per heavy atom. The van der Waals surface area contributed by atoms with E-state index in [1.165, 1.54) is 31.4 Å². The predicted octanol–water partition coefficient (Wildman–Crippen LogP) is 3.65. The lowest BCUT2D eigenvalue weighted by Crippen LogP contribution is -2.17. The maximum absolute atomic E-state index is 4.29. The van der Waals surface area contributed by atoms with Gasteiger partial charge in [0.1, 0.15) is 5.82 Å². The van der Waals surface area contributed by atoms with Crippen LogP contribution in [0.3, 0.4) is 0 Å². The highest BCUT2D eigenvalue weighted by molar-refractivity contribution is 5.07. The van der Waals surface area contributed by atoms with E-state index in [1.54, 1.807) is 0 Å². The number of imidazole rings is 1. The number of aromatic amines is 1. The number of aryl methyl sites for hydroxylation is 1. The summed E-state index contributed by atoms with van der Waals surface area (Å²) in [6.45, 7) is 6.74. The highest BCUT2D eigenvalue weighted by atomic mass is 14.9. The molecule has 1 fully saturated rings. The normalized spacial score (nSPS) is 29.0. The Labute approximate surface area is 92.5 Å². The van der Waals surface area contributed by atoms with Crippen LogP contribution in [0.2, 0.25) is 0 Å². The first kappa shape index (κ1) is 10.7. The maximum atomic E-state index is 4.29. The van der Waals surface area contributed by atoms with Crippen LogP contribution in [-0.4, -0.2) is 9.97 Å². The first-order valence-electron chi connectivity index (χ1n) is 6.18. The van der Waals surface area contributed by atoms with E-state index in [4.69, 9.17) is 0 Å². The summed E-state index contributed by atoms with van der Waals surface area (Å²) in [4.78, 5) is 7.67. The molecule has 1 unspecified atom stereocenters. The van der Waals surface area contributed by atoms with E-state index in [9.17, 15) is 0 Å².